The Hall–Kier alpha value is -1.54. The van der Waals surface area contributed by atoms with Gasteiger partial charge < -0.3 is 5.11 Å². The van der Waals surface area contributed by atoms with Gasteiger partial charge in [-0.05, 0) is 31.4 Å². The zero-order chi connectivity index (χ0) is 15.8. The highest BCUT2D eigenvalue weighted by molar-refractivity contribution is 7.89. The molecule has 1 aliphatic heterocycles. The van der Waals surface area contributed by atoms with E-state index in [-0.39, 0.29) is 12.6 Å². The minimum absolute atomic E-state index is 0.221. The number of aromatic carboxylic acids is 1. The largest absolute Gasteiger partial charge is 0.478 e. The summed E-state index contributed by atoms with van der Waals surface area (Å²) in [5.41, 5.74) is -0.597. The summed E-state index contributed by atoms with van der Waals surface area (Å²) >= 11 is 0. The molecule has 8 heteroatoms. The van der Waals surface area contributed by atoms with E-state index in [1.54, 1.807) is 0 Å². The predicted octanol–water partition coefficient (Wildman–Crippen LogP) is 2.23. The van der Waals surface area contributed by atoms with Gasteiger partial charge in [0.1, 0.15) is 4.90 Å². The summed E-state index contributed by atoms with van der Waals surface area (Å²) in [4.78, 5) is 9.97. The Labute approximate surface area is 121 Å². The minimum Gasteiger partial charge on any atom is -0.478 e. The van der Waals surface area contributed by atoms with Crippen molar-refractivity contribution in [2.24, 2.45) is 0 Å². The zero-order valence-corrected chi connectivity index (χ0v) is 12.2. The Kier molecular flexibility index (Phi) is 4.29. The molecule has 0 aromatic heterocycles. The topological polar surface area (TPSA) is 74.7 Å². The van der Waals surface area contributed by atoms with E-state index in [1.807, 2.05) is 6.92 Å². The highest BCUT2D eigenvalue weighted by Crippen LogP contribution is 2.30. The average Bonchev–Trinajstić information content (AvgIpc) is 2.90. The van der Waals surface area contributed by atoms with E-state index in [4.69, 9.17) is 5.11 Å². The fourth-order valence-electron chi connectivity index (χ4n) is 2.53. The van der Waals surface area contributed by atoms with Gasteiger partial charge in [-0.2, -0.15) is 4.31 Å². The van der Waals surface area contributed by atoms with Crippen molar-refractivity contribution in [1.29, 1.82) is 0 Å². The number of sulfonamides is 1. The fraction of sp³-hybridized carbons (Fsp3) is 0.462. The van der Waals surface area contributed by atoms with Crippen LogP contribution in [0.25, 0.3) is 0 Å². The third kappa shape index (κ3) is 2.77. The highest BCUT2D eigenvalue weighted by Gasteiger charge is 2.37. The van der Waals surface area contributed by atoms with Gasteiger partial charge in [-0.15, -0.1) is 0 Å². The molecule has 1 aliphatic rings. The van der Waals surface area contributed by atoms with Crippen molar-refractivity contribution in [1.82, 2.24) is 4.31 Å². The van der Waals surface area contributed by atoms with E-state index in [1.165, 1.54) is 0 Å². The van der Waals surface area contributed by atoms with Crippen LogP contribution in [-0.4, -0.2) is 36.4 Å². The molecule has 1 aromatic carbocycles. The molecule has 1 fully saturated rings. The Morgan fingerprint density at radius 2 is 2.10 bits per heavy atom. The van der Waals surface area contributed by atoms with Crippen LogP contribution in [0.3, 0.4) is 0 Å². The van der Waals surface area contributed by atoms with Gasteiger partial charge in [-0.3, -0.25) is 0 Å². The molecule has 21 heavy (non-hydrogen) atoms. The van der Waals surface area contributed by atoms with E-state index in [0.29, 0.717) is 31.4 Å². The third-order valence-electron chi connectivity index (χ3n) is 3.62. The van der Waals surface area contributed by atoms with Crippen molar-refractivity contribution < 1.29 is 27.1 Å². The van der Waals surface area contributed by atoms with Gasteiger partial charge in [0.2, 0.25) is 10.0 Å². The van der Waals surface area contributed by atoms with Gasteiger partial charge in [0.25, 0.3) is 0 Å². The van der Waals surface area contributed by atoms with Crippen LogP contribution in [0.1, 0.15) is 36.5 Å². The molecule has 5 nitrogen and oxygen atoms in total. The van der Waals surface area contributed by atoms with E-state index in [9.17, 15) is 22.0 Å². The smallest absolute Gasteiger partial charge is 0.335 e. The van der Waals surface area contributed by atoms with Gasteiger partial charge in [0.05, 0.1) is 5.56 Å². The Morgan fingerprint density at radius 1 is 1.43 bits per heavy atom. The molecule has 1 N–H and O–H groups in total. The van der Waals surface area contributed by atoms with Gasteiger partial charge in [0.15, 0.2) is 11.6 Å². The first-order valence-corrected chi connectivity index (χ1v) is 7.97. The maximum Gasteiger partial charge on any atom is 0.335 e. The lowest BCUT2D eigenvalue weighted by atomic mass is 10.2. The van der Waals surface area contributed by atoms with E-state index >= 15 is 0 Å². The zero-order valence-electron chi connectivity index (χ0n) is 11.3. The molecule has 2 rings (SSSR count). The van der Waals surface area contributed by atoms with Gasteiger partial charge in [0, 0.05) is 12.6 Å². The molecule has 1 unspecified atom stereocenters. The minimum atomic E-state index is -4.25. The third-order valence-corrected chi connectivity index (χ3v) is 5.57. The Balaban J connectivity index is 2.56. The van der Waals surface area contributed by atoms with E-state index in [0.717, 1.165) is 4.31 Å². The number of carbonyl (C=O) groups is 1. The monoisotopic (exact) mass is 319 g/mol. The number of nitrogens with zero attached hydrogens (tertiary/aromatic N) is 1. The van der Waals surface area contributed by atoms with Crippen molar-refractivity contribution >= 4 is 16.0 Å². The van der Waals surface area contributed by atoms with Crippen molar-refractivity contribution in [3.05, 3.63) is 29.3 Å². The summed E-state index contributed by atoms with van der Waals surface area (Å²) in [5, 5.41) is 8.86. The number of hydrogen-bond donors (Lipinski definition) is 1. The van der Waals surface area contributed by atoms with Crippen LogP contribution >= 0.6 is 0 Å². The molecule has 0 aliphatic carbocycles. The number of halogens is 2. The first-order chi connectivity index (χ1) is 9.78. The number of carboxylic acids is 1. The van der Waals surface area contributed by atoms with E-state index in [2.05, 4.69) is 0 Å². The summed E-state index contributed by atoms with van der Waals surface area (Å²) in [6.07, 6.45) is 1.85. The first kappa shape index (κ1) is 15.8. The molecule has 0 spiro atoms. The molecule has 0 bridgehead atoms. The normalized spacial score (nSPS) is 19.9. The summed E-state index contributed by atoms with van der Waals surface area (Å²) in [7, 11) is -4.25. The second kappa shape index (κ2) is 5.69. The van der Waals surface area contributed by atoms with Crippen LogP contribution in [0.15, 0.2) is 17.0 Å². The Bertz CT molecular complexity index is 675. The van der Waals surface area contributed by atoms with Gasteiger partial charge in [-0.1, -0.05) is 6.92 Å². The number of carboxylic acid groups (broad SMARTS) is 1. The van der Waals surface area contributed by atoms with Gasteiger partial charge in [-0.25, -0.2) is 22.0 Å². The highest BCUT2D eigenvalue weighted by atomic mass is 32.2. The van der Waals surface area contributed by atoms with Crippen molar-refractivity contribution in [3.63, 3.8) is 0 Å². The molecule has 1 aromatic rings. The number of benzene rings is 1. The van der Waals surface area contributed by atoms with Crippen LogP contribution in [0, 0.1) is 11.6 Å². The molecule has 116 valence electrons. The molecule has 1 saturated heterocycles. The lowest BCUT2D eigenvalue weighted by Gasteiger charge is -2.23. The number of hydrogen-bond acceptors (Lipinski definition) is 3. The maximum atomic E-state index is 13.9. The summed E-state index contributed by atoms with van der Waals surface area (Å²) in [6.45, 7) is 2.03. The maximum absolute atomic E-state index is 13.9. The lowest BCUT2D eigenvalue weighted by Crippen LogP contribution is -2.35. The van der Waals surface area contributed by atoms with Crippen molar-refractivity contribution in [2.75, 3.05) is 6.54 Å². The van der Waals surface area contributed by atoms with Gasteiger partial charge >= 0.3 is 5.97 Å². The first-order valence-electron chi connectivity index (χ1n) is 6.53. The molecule has 0 amide bonds. The van der Waals surface area contributed by atoms with Crippen LogP contribution in [0.2, 0.25) is 0 Å². The SMILES string of the molecule is CCC1CCCN1S(=O)(=O)c1cc(C(=O)O)cc(F)c1F. The van der Waals surface area contributed by atoms with Crippen molar-refractivity contribution in [2.45, 2.75) is 37.1 Å². The molecule has 0 saturated carbocycles. The second-order valence-electron chi connectivity index (χ2n) is 4.90. The molecule has 0 radical (unpaired) electrons. The standard InChI is InChI=1S/C13H15F2NO4S/c1-2-9-4-3-5-16(9)21(19,20)11-7-8(13(17)18)6-10(14)12(11)15/h6-7,9H,2-5H2,1H3,(H,17,18). The molecule has 1 heterocycles. The van der Waals surface area contributed by atoms with Crippen LogP contribution in [0.5, 0.6) is 0 Å². The fourth-order valence-corrected chi connectivity index (χ4v) is 4.40. The number of rotatable bonds is 4. The quantitative estimate of drug-likeness (QED) is 0.923. The summed E-state index contributed by atoms with van der Waals surface area (Å²) in [5.74, 6) is -4.54. The molecule has 1 atom stereocenters. The Morgan fingerprint density at radius 3 is 2.67 bits per heavy atom. The average molecular weight is 319 g/mol. The van der Waals surface area contributed by atoms with E-state index < -0.39 is 38.1 Å². The molecular formula is C13H15F2NO4S. The summed E-state index contributed by atoms with van der Waals surface area (Å²) < 4.78 is 53.4. The predicted molar refractivity (Wildman–Crippen MR) is 70.5 cm³/mol. The molecular weight excluding hydrogens is 304 g/mol. The van der Waals surface area contributed by atoms with Crippen LogP contribution < -0.4 is 0 Å². The van der Waals surface area contributed by atoms with Crippen LogP contribution in [0.4, 0.5) is 8.78 Å². The van der Waals surface area contributed by atoms with Crippen LogP contribution in [-0.2, 0) is 10.0 Å². The second-order valence-corrected chi connectivity index (χ2v) is 6.75. The van der Waals surface area contributed by atoms with Crippen molar-refractivity contribution in [3.8, 4) is 0 Å². The lowest BCUT2D eigenvalue weighted by molar-refractivity contribution is 0.0696. The summed E-state index contributed by atoms with van der Waals surface area (Å²) in [6, 6.07) is 0.866.